The largest absolute Gasteiger partial charge is 0.497 e. The molecule has 0 aromatic heterocycles. The number of hydrogen-bond acceptors (Lipinski definition) is 4. The zero-order chi connectivity index (χ0) is 16.4. The highest BCUT2D eigenvalue weighted by molar-refractivity contribution is 5.94. The topological polar surface area (TPSA) is 98.0 Å². The number of benzene rings is 1. The van der Waals surface area contributed by atoms with E-state index in [0.29, 0.717) is 37.0 Å². The molecule has 4 N–H and O–H groups in total. The predicted octanol–water partition coefficient (Wildman–Crippen LogP) is 0.364. The Morgan fingerprint density at radius 2 is 2.18 bits per heavy atom. The number of carbonyl (C=O) groups excluding carboxylic acids is 1. The maximum absolute atomic E-state index is 11.9. The maximum atomic E-state index is 11.9. The molecule has 7 nitrogen and oxygen atoms in total. The van der Waals surface area contributed by atoms with Gasteiger partial charge in [-0.25, -0.2) is 0 Å². The van der Waals surface area contributed by atoms with Crippen molar-refractivity contribution in [3.05, 3.63) is 29.8 Å². The van der Waals surface area contributed by atoms with Gasteiger partial charge in [0.15, 0.2) is 5.96 Å². The Bertz CT molecular complexity index is 505. The van der Waals surface area contributed by atoms with Crippen molar-refractivity contribution in [2.45, 2.75) is 13.0 Å². The average Bonchev–Trinajstić information content (AvgIpc) is 2.51. The monoisotopic (exact) mass is 308 g/mol. The van der Waals surface area contributed by atoms with Crippen LogP contribution in [-0.4, -0.2) is 51.8 Å². The lowest BCUT2D eigenvalue weighted by atomic mass is 10.2. The van der Waals surface area contributed by atoms with E-state index in [1.54, 1.807) is 38.5 Å². The normalized spacial score (nSPS) is 12.6. The van der Waals surface area contributed by atoms with E-state index in [9.17, 15) is 4.79 Å². The van der Waals surface area contributed by atoms with Crippen molar-refractivity contribution in [1.82, 2.24) is 10.6 Å². The number of hydrogen-bond donors (Lipinski definition) is 3. The van der Waals surface area contributed by atoms with Crippen LogP contribution >= 0.6 is 0 Å². The third kappa shape index (κ3) is 6.45. The second-order valence-corrected chi connectivity index (χ2v) is 4.76. The van der Waals surface area contributed by atoms with E-state index in [0.717, 1.165) is 0 Å². The summed E-state index contributed by atoms with van der Waals surface area (Å²) < 4.78 is 10.1. The molecule has 0 spiro atoms. The number of nitrogens with one attached hydrogen (secondary N) is 2. The summed E-state index contributed by atoms with van der Waals surface area (Å²) in [5.41, 5.74) is 6.27. The average molecular weight is 308 g/mol. The quantitative estimate of drug-likeness (QED) is 0.366. The van der Waals surface area contributed by atoms with Crippen LogP contribution in [0.3, 0.4) is 0 Å². The van der Waals surface area contributed by atoms with Crippen LogP contribution in [0.25, 0.3) is 0 Å². The van der Waals surface area contributed by atoms with Gasteiger partial charge in [0.25, 0.3) is 5.91 Å². The van der Waals surface area contributed by atoms with E-state index in [2.05, 4.69) is 15.6 Å². The van der Waals surface area contributed by atoms with Crippen LogP contribution in [0.1, 0.15) is 17.3 Å². The second-order valence-electron chi connectivity index (χ2n) is 4.76. The molecule has 0 radical (unpaired) electrons. The molecule has 0 fully saturated rings. The fourth-order valence-corrected chi connectivity index (χ4v) is 1.80. The number of nitrogens with zero attached hydrogens (tertiary/aromatic N) is 1. The molecule has 1 atom stereocenters. The molecule has 0 aliphatic heterocycles. The second kappa shape index (κ2) is 9.62. The SMILES string of the molecule is COCC(C)NC(N)=NCCNC(=O)c1cccc(OC)c1. The Morgan fingerprint density at radius 1 is 1.41 bits per heavy atom. The number of aliphatic imine (C=N–C) groups is 1. The summed E-state index contributed by atoms with van der Waals surface area (Å²) in [7, 11) is 3.19. The first-order valence-electron chi connectivity index (χ1n) is 7.04. The van der Waals surface area contributed by atoms with Gasteiger partial charge in [-0.1, -0.05) is 6.07 Å². The fourth-order valence-electron chi connectivity index (χ4n) is 1.80. The fraction of sp³-hybridized carbons (Fsp3) is 0.467. The minimum atomic E-state index is -0.173. The summed E-state index contributed by atoms with van der Waals surface area (Å²) in [4.78, 5) is 16.1. The summed E-state index contributed by atoms with van der Waals surface area (Å²) in [5, 5.41) is 5.76. The van der Waals surface area contributed by atoms with Gasteiger partial charge in [0.05, 0.1) is 20.3 Å². The van der Waals surface area contributed by atoms with Crippen LogP contribution in [0.4, 0.5) is 0 Å². The maximum Gasteiger partial charge on any atom is 0.251 e. The van der Waals surface area contributed by atoms with E-state index in [1.807, 2.05) is 6.92 Å². The van der Waals surface area contributed by atoms with Gasteiger partial charge >= 0.3 is 0 Å². The third-order valence-corrected chi connectivity index (χ3v) is 2.82. The molecular formula is C15H24N4O3. The summed E-state index contributed by atoms with van der Waals surface area (Å²) >= 11 is 0. The smallest absolute Gasteiger partial charge is 0.251 e. The minimum Gasteiger partial charge on any atom is -0.497 e. The van der Waals surface area contributed by atoms with E-state index in [4.69, 9.17) is 15.2 Å². The molecule has 1 aromatic rings. The highest BCUT2D eigenvalue weighted by Gasteiger charge is 2.05. The van der Waals surface area contributed by atoms with Gasteiger partial charge in [0.1, 0.15) is 5.75 Å². The van der Waals surface area contributed by atoms with Crippen molar-refractivity contribution in [2.24, 2.45) is 10.7 Å². The van der Waals surface area contributed by atoms with E-state index >= 15 is 0 Å². The van der Waals surface area contributed by atoms with Crippen molar-refractivity contribution in [1.29, 1.82) is 0 Å². The Hall–Kier alpha value is -2.28. The van der Waals surface area contributed by atoms with Gasteiger partial charge in [0, 0.05) is 25.3 Å². The summed E-state index contributed by atoms with van der Waals surface area (Å²) in [5.74, 6) is 0.805. The number of nitrogens with two attached hydrogens (primary N) is 1. The van der Waals surface area contributed by atoms with Crippen LogP contribution in [-0.2, 0) is 4.74 Å². The molecule has 0 aliphatic rings. The van der Waals surface area contributed by atoms with Crippen LogP contribution < -0.4 is 21.1 Å². The predicted molar refractivity (Wildman–Crippen MR) is 86.3 cm³/mol. The molecule has 22 heavy (non-hydrogen) atoms. The van der Waals surface area contributed by atoms with Crippen molar-refractivity contribution in [3.63, 3.8) is 0 Å². The number of guanidine groups is 1. The lowest BCUT2D eigenvalue weighted by Gasteiger charge is -2.13. The van der Waals surface area contributed by atoms with Crippen molar-refractivity contribution in [2.75, 3.05) is 33.9 Å². The Morgan fingerprint density at radius 3 is 2.86 bits per heavy atom. The molecule has 0 saturated heterocycles. The first kappa shape index (κ1) is 17.8. The first-order chi connectivity index (χ1) is 10.6. The van der Waals surface area contributed by atoms with Gasteiger partial charge in [0.2, 0.25) is 0 Å². The Balaban J connectivity index is 2.35. The minimum absolute atomic E-state index is 0.0834. The van der Waals surface area contributed by atoms with E-state index in [1.165, 1.54) is 0 Å². The van der Waals surface area contributed by atoms with Gasteiger partial charge in [-0.15, -0.1) is 0 Å². The molecule has 0 bridgehead atoms. The number of rotatable bonds is 8. The van der Waals surface area contributed by atoms with Gasteiger partial charge < -0.3 is 25.8 Å². The zero-order valence-corrected chi connectivity index (χ0v) is 13.3. The van der Waals surface area contributed by atoms with Crippen LogP contribution in [0, 0.1) is 0 Å². The van der Waals surface area contributed by atoms with Crippen LogP contribution in [0.15, 0.2) is 29.3 Å². The number of ether oxygens (including phenoxy) is 2. The van der Waals surface area contributed by atoms with Crippen LogP contribution in [0.2, 0.25) is 0 Å². The Labute approximate surface area is 130 Å². The molecule has 1 amide bonds. The molecule has 0 saturated carbocycles. The molecule has 1 aromatic carbocycles. The number of carbonyl (C=O) groups is 1. The molecule has 1 rings (SSSR count). The van der Waals surface area contributed by atoms with Gasteiger partial charge in [-0.3, -0.25) is 9.79 Å². The summed E-state index contributed by atoms with van der Waals surface area (Å²) in [6.07, 6.45) is 0. The van der Waals surface area contributed by atoms with E-state index in [-0.39, 0.29) is 11.9 Å². The number of methoxy groups -OCH3 is 2. The standard InChI is InChI=1S/C15H24N4O3/c1-11(10-21-2)19-15(16)18-8-7-17-14(20)12-5-4-6-13(9-12)22-3/h4-6,9,11H,7-8,10H2,1-3H3,(H,17,20)(H3,16,18,19). The highest BCUT2D eigenvalue weighted by atomic mass is 16.5. The molecule has 0 heterocycles. The third-order valence-electron chi connectivity index (χ3n) is 2.82. The van der Waals surface area contributed by atoms with Crippen LogP contribution in [0.5, 0.6) is 5.75 Å². The lowest BCUT2D eigenvalue weighted by Crippen LogP contribution is -2.41. The van der Waals surface area contributed by atoms with Crippen molar-refractivity contribution < 1.29 is 14.3 Å². The summed E-state index contributed by atoms with van der Waals surface area (Å²) in [6, 6.07) is 7.05. The molecule has 1 unspecified atom stereocenters. The van der Waals surface area contributed by atoms with Gasteiger partial charge in [-0.2, -0.15) is 0 Å². The molecule has 0 aliphatic carbocycles. The highest BCUT2D eigenvalue weighted by Crippen LogP contribution is 2.12. The van der Waals surface area contributed by atoms with Crippen molar-refractivity contribution in [3.8, 4) is 5.75 Å². The lowest BCUT2D eigenvalue weighted by molar-refractivity contribution is 0.0954. The molecule has 7 heteroatoms. The molecule has 122 valence electrons. The zero-order valence-electron chi connectivity index (χ0n) is 13.3. The Kier molecular flexibility index (Phi) is 7.77. The van der Waals surface area contributed by atoms with Gasteiger partial charge in [-0.05, 0) is 25.1 Å². The first-order valence-corrected chi connectivity index (χ1v) is 7.04. The van der Waals surface area contributed by atoms with E-state index < -0.39 is 0 Å². The summed E-state index contributed by atoms with van der Waals surface area (Å²) in [6.45, 7) is 3.28. The van der Waals surface area contributed by atoms with Crippen molar-refractivity contribution >= 4 is 11.9 Å². The molecular weight excluding hydrogens is 284 g/mol. The number of amides is 1.